The average molecular weight is 239 g/mol. The molecule has 0 unspecified atom stereocenters. The van der Waals surface area contributed by atoms with Crippen LogP contribution >= 0.6 is 11.6 Å². The van der Waals surface area contributed by atoms with E-state index in [2.05, 4.69) is 5.10 Å². The molecule has 1 aromatic heterocycles. The number of benzene rings is 1. The zero-order valence-corrected chi connectivity index (χ0v) is 9.92. The van der Waals surface area contributed by atoms with Gasteiger partial charge in [-0.15, -0.1) is 11.6 Å². The number of aromatic nitrogens is 2. The summed E-state index contributed by atoms with van der Waals surface area (Å²) in [6.45, 7) is 3.84. The smallest absolute Gasteiger partial charge is 0.129 e. The van der Waals surface area contributed by atoms with Crippen molar-refractivity contribution in [1.82, 2.24) is 9.78 Å². The second-order valence-electron chi connectivity index (χ2n) is 3.71. The molecular weight excluding hydrogens is 227 g/mol. The molecule has 0 radical (unpaired) electrons. The second kappa shape index (κ2) is 4.26. The van der Waals surface area contributed by atoms with Crippen molar-refractivity contribution in [1.29, 1.82) is 0 Å². The molecule has 0 amide bonds. The number of alkyl halides is 1. The maximum atomic E-state index is 13.5. The fourth-order valence-corrected chi connectivity index (χ4v) is 2.02. The Morgan fingerprint density at radius 3 is 2.69 bits per heavy atom. The summed E-state index contributed by atoms with van der Waals surface area (Å²) in [6.07, 6.45) is 0. The quantitative estimate of drug-likeness (QED) is 0.734. The maximum absolute atomic E-state index is 13.5. The van der Waals surface area contributed by atoms with Gasteiger partial charge in [-0.3, -0.25) is 0 Å². The molecule has 0 fully saturated rings. The van der Waals surface area contributed by atoms with Crippen molar-refractivity contribution in [3.63, 3.8) is 0 Å². The zero-order chi connectivity index (χ0) is 11.7. The van der Waals surface area contributed by atoms with Crippen LogP contribution in [0.25, 0.3) is 5.69 Å². The van der Waals surface area contributed by atoms with Crippen LogP contribution in [-0.2, 0) is 5.88 Å². The summed E-state index contributed by atoms with van der Waals surface area (Å²) in [4.78, 5) is 0. The van der Waals surface area contributed by atoms with E-state index >= 15 is 0 Å². The van der Waals surface area contributed by atoms with Gasteiger partial charge in [0, 0.05) is 11.3 Å². The highest BCUT2D eigenvalue weighted by Crippen LogP contribution is 2.21. The van der Waals surface area contributed by atoms with Crippen molar-refractivity contribution in [2.24, 2.45) is 0 Å². The van der Waals surface area contributed by atoms with Gasteiger partial charge in [0.2, 0.25) is 0 Å². The molecule has 0 atom stereocenters. The fourth-order valence-electron chi connectivity index (χ4n) is 1.75. The molecule has 0 aliphatic rings. The van der Waals surface area contributed by atoms with Crippen molar-refractivity contribution < 1.29 is 4.39 Å². The van der Waals surface area contributed by atoms with Gasteiger partial charge < -0.3 is 0 Å². The highest BCUT2D eigenvalue weighted by molar-refractivity contribution is 6.17. The first-order chi connectivity index (χ1) is 7.63. The van der Waals surface area contributed by atoms with Gasteiger partial charge in [0.15, 0.2) is 0 Å². The summed E-state index contributed by atoms with van der Waals surface area (Å²) in [6, 6.07) is 6.84. The third-order valence-corrected chi connectivity index (χ3v) is 2.73. The van der Waals surface area contributed by atoms with Crippen LogP contribution < -0.4 is 0 Å². The van der Waals surface area contributed by atoms with Gasteiger partial charge in [-0.05, 0) is 32.0 Å². The van der Waals surface area contributed by atoms with E-state index in [0.717, 1.165) is 11.4 Å². The highest BCUT2D eigenvalue weighted by atomic mass is 35.5. The van der Waals surface area contributed by atoms with Gasteiger partial charge in [-0.1, -0.05) is 6.07 Å². The van der Waals surface area contributed by atoms with Crippen LogP contribution in [0.4, 0.5) is 4.39 Å². The second-order valence-corrected chi connectivity index (χ2v) is 3.98. The van der Waals surface area contributed by atoms with Crippen LogP contribution in [0.5, 0.6) is 0 Å². The first-order valence-corrected chi connectivity index (χ1v) is 5.54. The predicted molar refractivity (Wildman–Crippen MR) is 62.6 cm³/mol. The molecule has 0 saturated heterocycles. The Morgan fingerprint density at radius 2 is 2.12 bits per heavy atom. The number of halogens is 2. The van der Waals surface area contributed by atoms with Crippen LogP contribution in [0.3, 0.4) is 0 Å². The van der Waals surface area contributed by atoms with E-state index in [1.807, 2.05) is 26.0 Å². The Morgan fingerprint density at radius 1 is 1.38 bits per heavy atom. The number of hydrogen-bond donors (Lipinski definition) is 0. The minimum absolute atomic E-state index is 0.139. The molecule has 0 bridgehead atoms. The molecule has 2 nitrogen and oxygen atoms in total. The van der Waals surface area contributed by atoms with Crippen LogP contribution in [-0.4, -0.2) is 9.78 Å². The van der Waals surface area contributed by atoms with E-state index in [9.17, 15) is 4.39 Å². The monoisotopic (exact) mass is 238 g/mol. The largest absolute Gasteiger partial charge is 0.237 e. The topological polar surface area (TPSA) is 17.8 Å². The summed E-state index contributed by atoms with van der Waals surface area (Å²) in [7, 11) is 0. The lowest BCUT2D eigenvalue weighted by atomic mass is 10.2. The molecule has 84 valence electrons. The predicted octanol–water partition coefficient (Wildman–Crippen LogP) is 3.37. The lowest BCUT2D eigenvalue weighted by molar-refractivity contribution is 0.613. The van der Waals surface area contributed by atoms with Crippen molar-refractivity contribution >= 4 is 11.6 Å². The van der Waals surface area contributed by atoms with E-state index in [1.165, 1.54) is 6.07 Å². The molecule has 0 aliphatic carbocycles. The molecule has 0 aliphatic heterocycles. The lowest BCUT2D eigenvalue weighted by Crippen LogP contribution is -2.04. The minimum atomic E-state index is -0.292. The van der Waals surface area contributed by atoms with Gasteiger partial charge in [-0.2, -0.15) is 5.10 Å². The summed E-state index contributed by atoms with van der Waals surface area (Å²) in [5.41, 5.74) is 3.06. The molecule has 2 rings (SSSR count). The molecule has 1 aromatic carbocycles. The molecule has 0 spiro atoms. The van der Waals surface area contributed by atoms with Crippen molar-refractivity contribution in [2.75, 3.05) is 0 Å². The molecule has 0 N–H and O–H groups in total. The normalized spacial score (nSPS) is 10.8. The summed E-state index contributed by atoms with van der Waals surface area (Å²) in [5, 5.41) is 4.32. The molecule has 2 aromatic rings. The SMILES string of the molecule is Cc1cc(C)n(-c2cccc(F)c2CCl)n1. The van der Waals surface area contributed by atoms with Crippen molar-refractivity contribution in [3.05, 3.63) is 47.0 Å². The molecule has 0 saturated carbocycles. The molecule has 16 heavy (non-hydrogen) atoms. The van der Waals surface area contributed by atoms with E-state index in [-0.39, 0.29) is 11.7 Å². The third-order valence-electron chi connectivity index (χ3n) is 2.47. The number of aryl methyl sites for hydroxylation is 2. The Labute approximate surface area is 98.7 Å². The Bertz CT molecular complexity index is 520. The van der Waals surface area contributed by atoms with Crippen molar-refractivity contribution in [3.8, 4) is 5.69 Å². The number of nitrogens with zero attached hydrogens (tertiary/aromatic N) is 2. The van der Waals surface area contributed by atoms with E-state index < -0.39 is 0 Å². The molecule has 1 heterocycles. The van der Waals surface area contributed by atoms with E-state index in [1.54, 1.807) is 10.7 Å². The Balaban J connectivity index is 2.64. The third kappa shape index (κ3) is 1.83. The first kappa shape index (κ1) is 11.1. The Hall–Kier alpha value is -1.35. The van der Waals surface area contributed by atoms with Crippen LogP contribution in [0.1, 0.15) is 17.0 Å². The Kier molecular flexibility index (Phi) is 2.97. The van der Waals surface area contributed by atoms with Gasteiger partial charge >= 0.3 is 0 Å². The van der Waals surface area contributed by atoms with Crippen LogP contribution in [0, 0.1) is 19.7 Å². The van der Waals surface area contributed by atoms with Gasteiger partial charge in [0.25, 0.3) is 0 Å². The standard InChI is InChI=1S/C12H12ClFN2/c1-8-6-9(2)16(15-8)12-5-3-4-11(14)10(12)7-13/h3-6H,7H2,1-2H3. The molecule has 4 heteroatoms. The van der Waals surface area contributed by atoms with E-state index in [4.69, 9.17) is 11.6 Å². The lowest BCUT2D eigenvalue weighted by Gasteiger charge is -2.09. The van der Waals surface area contributed by atoms with Gasteiger partial charge in [0.05, 0.1) is 17.3 Å². The fraction of sp³-hybridized carbons (Fsp3) is 0.250. The van der Waals surface area contributed by atoms with E-state index in [0.29, 0.717) is 11.3 Å². The minimum Gasteiger partial charge on any atom is -0.237 e. The maximum Gasteiger partial charge on any atom is 0.129 e. The molecular formula is C12H12ClFN2. The average Bonchev–Trinajstić information content (AvgIpc) is 2.57. The van der Waals surface area contributed by atoms with Gasteiger partial charge in [0.1, 0.15) is 5.82 Å². The highest BCUT2D eigenvalue weighted by Gasteiger charge is 2.11. The zero-order valence-electron chi connectivity index (χ0n) is 9.17. The van der Waals surface area contributed by atoms with Crippen molar-refractivity contribution in [2.45, 2.75) is 19.7 Å². The summed E-state index contributed by atoms with van der Waals surface area (Å²) >= 11 is 5.77. The summed E-state index contributed by atoms with van der Waals surface area (Å²) in [5.74, 6) is -0.152. The van der Waals surface area contributed by atoms with Gasteiger partial charge in [-0.25, -0.2) is 9.07 Å². The summed E-state index contributed by atoms with van der Waals surface area (Å²) < 4.78 is 15.3. The number of rotatable bonds is 2. The number of hydrogen-bond acceptors (Lipinski definition) is 1. The van der Waals surface area contributed by atoms with Crippen LogP contribution in [0.15, 0.2) is 24.3 Å². The first-order valence-electron chi connectivity index (χ1n) is 5.00. The van der Waals surface area contributed by atoms with Crippen LogP contribution in [0.2, 0.25) is 0 Å².